The lowest BCUT2D eigenvalue weighted by Gasteiger charge is -2.36. The minimum Gasteiger partial charge on any atom is -0.487 e. The van der Waals surface area contributed by atoms with Gasteiger partial charge in [0.1, 0.15) is 23.8 Å². The van der Waals surface area contributed by atoms with Gasteiger partial charge >= 0.3 is 0 Å². The summed E-state index contributed by atoms with van der Waals surface area (Å²) in [7, 11) is 0. The Morgan fingerprint density at radius 2 is 1.78 bits per heavy atom. The molecular formula is C25H23FN4O2. The second-order valence-corrected chi connectivity index (χ2v) is 7.77. The summed E-state index contributed by atoms with van der Waals surface area (Å²) in [5.74, 6) is 0.380. The van der Waals surface area contributed by atoms with Crippen molar-refractivity contribution in [3.05, 3.63) is 96.2 Å². The number of fused-ring (bicyclic) bond motifs is 1. The van der Waals surface area contributed by atoms with Crippen molar-refractivity contribution in [2.75, 3.05) is 31.1 Å². The lowest BCUT2D eigenvalue weighted by molar-refractivity contribution is 0.0746. The van der Waals surface area contributed by atoms with Gasteiger partial charge in [-0.15, -0.1) is 0 Å². The summed E-state index contributed by atoms with van der Waals surface area (Å²) in [5, 5.41) is 0. The van der Waals surface area contributed by atoms with Gasteiger partial charge in [0.25, 0.3) is 5.91 Å². The van der Waals surface area contributed by atoms with Gasteiger partial charge in [-0.1, -0.05) is 12.1 Å². The largest absolute Gasteiger partial charge is 0.487 e. The van der Waals surface area contributed by atoms with Crippen molar-refractivity contribution in [1.29, 1.82) is 0 Å². The van der Waals surface area contributed by atoms with Crippen LogP contribution in [0.4, 0.5) is 10.1 Å². The van der Waals surface area contributed by atoms with Gasteiger partial charge in [-0.3, -0.25) is 4.79 Å². The van der Waals surface area contributed by atoms with E-state index in [2.05, 4.69) is 9.88 Å². The number of hydrogen-bond acceptors (Lipinski definition) is 4. The maximum Gasteiger partial charge on any atom is 0.254 e. The third kappa shape index (κ3) is 4.27. The molecule has 0 bridgehead atoms. The zero-order valence-electron chi connectivity index (χ0n) is 17.5. The maximum atomic E-state index is 13.2. The average Bonchev–Trinajstić information content (AvgIpc) is 3.26. The molecule has 6 nitrogen and oxygen atoms in total. The molecule has 0 unspecified atom stereocenters. The van der Waals surface area contributed by atoms with Crippen molar-refractivity contribution in [3.63, 3.8) is 0 Å². The predicted octanol–water partition coefficient (Wildman–Crippen LogP) is 4.01. The van der Waals surface area contributed by atoms with Crippen LogP contribution in [0, 0.1) is 5.82 Å². The maximum absolute atomic E-state index is 13.2. The number of pyridine rings is 1. The molecule has 1 aliphatic rings. The van der Waals surface area contributed by atoms with Crippen LogP contribution in [0.25, 0.3) is 5.65 Å². The number of rotatable bonds is 5. The quantitative estimate of drug-likeness (QED) is 0.480. The molecule has 0 N–H and O–H groups in total. The summed E-state index contributed by atoms with van der Waals surface area (Å²) in [6.07, 6.45) is 3.88. The predicted molar refractivity (Wildman–Crippen MR) is 120 cm³/mol. The van der Waals surface area contributed by atoms with Gasteiger partial charge < -0.3 is 18.9 Å². The van der Waals surface area contributed by atoms with Crippen molar-refractivity contribution in [2.45, 2.75) is 6.61 Å². The number of ether oxygens (including phenoxy) is 1. The highest BCUT2D eigenvalue weighted by atomic mass is 19.1. The van der Waals surface area contributed by atoms with Gasteiger partial charge in [-0.05, 0) is 54.6 Å². The summed E-state index contributed by atoms with van der Waals surface area (Å²) >= 11 is 0. The van der Waals surface area contributed by atoms with Crippen molar-refractivity contribution in [3.8, 4) is 5.75 Å². The SMILES string of the molecule is O=C(c1cccc(OCc2cn3ccccc3n2)c1)N1CCN(c2ccc(F)cc2)CC1. The number of benzene rings is 2. The first-order chi connectivity index (χ1) is 15.7. The highest BCUT2D eigenvalue weighted by molar-refractivity contribution is 5.94. The van der Waals surface area contributed by atoms with Crippen LogP contribution in [0.2, 0.25) is 0 Å². The molecule has 3 heterocycles. The molecule has 5 rings (SSSR count). The van der Waals surface area contributed by atoms with E-state index >= 15 is 0 Å². The van der Waals surface area contributed by atoms with Gasteiger partial charge in [0, 0.05) is 49.8 Å². The highest BCUT2D eigenvalue weighted by Gasteiger charge is 2.22. The Bertz CT molecular complexity index is 1200. The Kier molecular flexibility index (Phi) is 5.46. The number of carbonyl (C=O) groups excluding carboxylic acids is 1. The minimum atomic E-state index is -0.245. The second-order valence-electron chi connectivity index (χ2n) is 7.77. The standard InChI is InChI=1S/C25H23FN4O2/c26-20-7-9-22(10-8-20)28-12-14-29(15-13-28)25(31)19-4-3-5-23(16-19)32-18-21-17-30-11-2-1-6-24(30)27-21/h1-11,16-17H,12-15,18H2. The Hall–Kier alpha value is -3.87. The van der Waals surface area contributed by atoms with Crippen LogP contribution in [0.15, 0.2) is 79.1 Å². The molecule has 7 heteroatoms. The second kappa shape index (κ2) is 8.70. The minimum absolute atomic E-state index is 0.0121. The molecule has 32 heavy (non-hydrogen) atoms. The van der Waals surface area contributed by atoms with E-state index in [0.717, 1.165) is 17.0 Å². The van der Waals surface area contributed by atoms with Gasteiger partial charge in [-0.25, -0.2) is 9.37 Å². The van der Waals surface area contributed by atoms with E-state index in [1.54, 1.807) is 18.2 Å². The normalized spacial score (nSPS) is 14.0. The van der Waals surface area contributed by atoms with Crippen LogP contribution in [-0.2, 0) is 6.61 Å². The molecule has 2 aromatic heterocycles. The Morgan fingerprint density at radius 1 is 0.969 bits per heavy atom. The van der Waals surface area contributed by atoms with Gasteiger partial charge in [0.05, 0.1) is 5.69 Å². The number of halogens is 1. The molecule has 0 saturated carbocycles. The molecule has 1 amide bonds. The van der Waals surface area contributed by atoms with E-state index in [4.69, 9.17) is 4.74 Å². The summed E-state index contributed by atoms with van der Waals surface area (Å²) in [6.45, 7) is 2.98. The molecule has 0 atom stereocenters. The van der Waals surface area contributed by atoms with Crippen LogP contribution in [0.5, 0.6) is 5.75 Å². The number of anilines is 1. The molecule has 162 valence electrons. The Balaban J connectivity index is 1.20. The average molecular weight is 430 g/mol. The number of carbonyl (C=O) groups is 1. The summed E-state index contributed by atoms with van der Waals surface area (Å²) in [6, 6.07) is 19.6. The molecule has 1 saturated heterocycles. The van der Waals surface area contributed by atoms with Crippen LogP contribution in [-0.4, -0.2) is 46.4 Å². The zero-order chi connectivity index (χ0) is 21.9. The fraction of sp³-hybridized carbons (Fsp3) is 0.200. The lowest BCUT2D eigenvalue weighted by Crippen LogP contribution is -2.48. The number of hydrogen-bond donors (Lipinski definition) is 0. The Labute approximate surface area is 185 Å². The molecule has 4 aromatic rings. The molecular weight excluding hydrogens is 407 g/mol. The van der Waals surface area contributed by atoms with Gasteiger partial charge in [0.15, 0.2) is 0 Å². The van der Waals surface area contributed by atoms with E-state index in [0.29, 0.717) is 44.1 Å². The number of imidazole rings is 1. The number of piperazine rings is 1. The molecule has 0 radical (unpaired) electrons. The fourth-order valence-corrected chi connectivity index (χ4v) is 3.94. The van der Waals surface area contributed by atoms with Crippen LogP contribution in [0.1, 0.15) is 16.1 Å². The molecule has 1 fully saturated rings. The van der Waals surface area contributed by atoms with Crippen LogP contribution >= 0.6 is 0 Å². The summed E-state index contributed by atoms with van der Waals surface area (Å²) < 4.78 is 21.0. The van der Waals surface area contributed by atoms with Gasteiger partial charge in [0.2, 0.25) is 0 Å². The molecule has 0 aliphatic carbocycles. The van der Waals surface area contributed by atoms with Crippen molar-refractivity contribution >= 4 is 17.2 Å². The first-order valence-corrected chi connectivity index (χ1v) is 10.6. The molecule has 2 aromatic carbocycles. The molecule has 1 aliphatic heterocycles. The van der Waals surface area contributed by atoms with E-state index in [-0.39, 0.29) is 11.7 Å². The first kappa shape index (κ1) is 20.1. The topological polar surface area (TPSA) is 50.1 Å². The highest BCUT2D eigenvalue weighted by Crippen LogP contribution is 2.20. The third-order valence-corrected chi connectivity index (χ3v) is 5.64. The number of aromatic nitrogens is 2. The van der Waals surface area contributed by atoms with Crippen molar-refractivity contribution < 1.29 is 13.9 Å². The fourth-order valence-electron chi connectivity index (χ4n) is 3.94. The van der Waals surface area contributed by atoms with Crippen molar-refractivity contribution in [1.82, 2.24) is 14.3 Å². The molecule has 0 spiro atoms. The zero-order valence-corrected chi connectivity index (χ0v) is 17.5. The van der Waals surface area contributed by atoms with Gasteiger partial charge in [-0.2, -0.15) is 0 Å². The monoisotopic (exact) mass is 430 g/mol. The number of nitrogens with zero attached hydrogens (tertiary/aromatic N) is 4. The lowest BCUT2D eigenvalue weighted by atomic mass is 10.1. The number of amides is 1. The first-order valence-electron chi connectivity index (χ1n) is 10.6. The van der Waals surface area contributed by atoms with Crippen LogP contribution < -0.4 is 9.64 Å². The smallest absolute Gasteiger partial charge is 0.254 e. The van der Waals surface area contributed by atoms with E-state index < -0.39 is 0 Å². The third-order valence-electron chi connectivity index (χ3n) is 5.64. The van der Waals surface area contributed by atoms with Crippen LogP contribution in [0.3, 0.4) is 0 Å². The van der Waals surface area contributed by atoms with E-state index in [1.165, 1.54) is 12.1 Å². The summed E-state index contributed by atoms with van der Waals surface area (Å²) in [5.41, 5.74) is 3.27. The summed E-state index contributed by atoms with van der Waals surface area (Å²) in [4.78, 5) is 21.6. The Morgan fingerprint density at radius 3 is 2.56 bits per heavy atom. The van der Waals surface area contributed by atoms with E-state index in [9.17, 15) is 9.18 Å². The van der Waals surface area contributed by atoms with E-state index in [1.807, 2.05) is 58.1 Å². The van der Waals surface area contributed by atoms with Crippen molar-refractivity contribution in [2.24, 2.45) is 0 Å².